The summed E-state index contributed by atoms with van der Waals surface area (Å²) < 4.78 is 1.58. The van der Waals surface area contributed by atoms with Gasteiger partial charge in [-0.1, -0.05) is 6.92 Å². The molecule has 1 aliphatic rings. The molecule has 148 valence electrons. The van der Waals surface area contributed by atoms with Gasteiger partial charge in [0.1, 0.15) is 22.5 Å². The molecule has 8 nitrogen and oxygen atoms in total. The number of hydrogen-bond acceptors (Lipinski definition) is 6. The van der Waals surface area contributed by atoms with Gasteiger partial charge in [0.2, 0.25) is 5.91 Å². The molecule has 0 unspecified atom stereocenters. The van der Waals surface area contributed by atoms with Crippen LogP contribution in [0.4, 0.5) is 10.7 Å². The number of nitrogens with one attached hydrogen (secondary N) is 1. The molecule has 1 amide bonds. The summed E-state index contributed by atoms with van der Waals surface area (Å²) in [6.45, 7) is 5.90. The Balaban J connectivity index is 1.61. The minimum absolute atomic E-state index is 0.0292. The lowest BCUT2D eigenvalue weighted by Gasteiger charge is -2.17. The normalized spacial score (nSPS) is 15.7. The van der Waals surface area contributed by atoms with E-state index in [0.717, 1.165) is 24.8 Å². The Morgan fingerprint density at radius 3 is 2.89 bits per heavy atom. The van der Waals surface area contributed by atoms with Gasteiger partial charge in [0.05, 0.1) is 10.5 Å². The first-order chi connectivity index (χ1) is 13.3. The summed E-state index contributed by atoms with van der Waals surface area (Å²) in [7, 11) is 0. The topological polar surface area (TPSA) is 114 Å². The van der Waals surface area contributed by atoms with E-state index in [1.54, 1.807) is 18.5 Å². The van der Waals surface area contributed by atoms with Crippen LogP contribution >= 0.6 is 11.3 Å². The molecular weight excluding hydrogens is 378 g/mol. The van der Waals surface area contributed by atoms with Gasteiger partial charge in [-0.2, -0.15) is 10.4 Å². The van der Waals surface area contributed by atoms with E-state index in [0.29, 0.717) is 40.8 Å². The molecule has 0 bridgehead atoms. The van der Waals surface area contributed by atoms with E-state index in [1.165, 1.54) is 16.2 Å². The van der Waals surface area contributed by atoms with Crippen LogP contribution in [-0.4, -0.2) is 20.6 Å². The summed E-state index contributed by atoms with van der Waals surface area (Å²) in [6, 6.07) is 2.25. The fourth-order valence-corrected chi connectivity index (χ4v) is 5.08. The van der Waals surface area contributed by atoms with Gasteiger partial charge < -0.3 is 5.32 Å². The van der Waals surface area contributed by atoms with E-state index in [9.17, 15) is 20.2 Å². The summed E-state index contributed by atoms with van der Waals surface area (Å²) >= 11 is 1.51. The smallest absolute Gasteiger partial charge is 0.312 e. The van der Waals surface area contributed by atoms with Crippen molar-refractivity contribution in [2.24, 2.45) is 5.92 Å². The summed E-state index contributed by atoms with van der Waals surface area (Å²) in [6.07, 6.45) is 3.69. The van der Waals surface area contributed by atoms with Crippen LogP contribution in [0.5, 0.6) is 0 Å². The van der Waals surface area contributed by atoms with Crippen LogP contribution in [0, 0.1) is 41.2 Å². The Morgan fingerprint density at radius 2 is 2.25 bits per heavy atom. The van der Waals surface area contributed by atoms with Gasteiger partial charge in [-0.15, -0.1) is 11.3 Å². The second-order valence-corrected chi connectivity index (χ2v) is 8.42. The summed E-state index contributed by atoms with van der Waals surface area (Å²) in [5.74, 6) is 0.449. The van der Waals surface area contributed by atoms with Gasteiger partial charge >= 0.3 is 5.69 Å². The standard InChI is InChI=1S/C19H23N5O3S/c1-11-6-7-14-15(10-20)19(28-16(14)9-11)21-17(25)5-4-8-23-13(3)18(24(26)27)12(2)22-23/h11H,4-9H2,1-3H3,(H,21,25)/t11-/m0/s1. The van der Waals surface area contributed by atoms with E-state index in [4.69, 9.17) is 0 Å². The van der Waals surface area contributed by atoms with Crippen LogP contribution in [0.25, 0.3) is 0 Å². The number of aromatic nitrogens is 2. The monoisotopic (exact) mass is 401 g/mol. The molecule has 0 saturated heterocycles. The minimum Gasteiger partial charge on any atom is -0.317 e. The highest BCUT2D eigenvalue weighted by Crippen LogP contribution is 2.39. The van der Waals surface area contributed by atoms with Crippen LogP contribution < -0.4 is 5.32 Å². The highest BCUT2D eigenvalue weighted by atomic mass is 32.1. The molecule has 2 aromatic rings. The maximum atomic E-state index is 12.4. The molecule has 0 aliphatic heterocycles. The third kappa shape index (κ3) is 3.92. The maximum Gasteiger partial charge on any atom is 0.312 e. The van der Waals surface area contributed by atoms with Crippen LogP contribution in [-0.2, 0) is 24.2 Å². The van der Waals surface area contributed by atoms with Gasteiger partial charge in [0.25, 0.3) is 0 Å². The maximum absolute atomic E-state index is 12.4. The zero-order valence-electron chi connectivity index (χ0n) is 16.2. The molecule has 9 heteroatoms. The van der Waals surface area contributed by atoms with Gasteiger partial charge in [0, 0.05) is 17.8 Å². The van der Waals surface area contributed by atoms with Crippen molar-refractivity contribution in [3.63, 3.8) is 0 Å². The Kier molecular flexibility index (Phi) is 5.79. The Morgan fingerprint density at radius 1 is 1.50 bits per heavy atom. The first-order valence-electron chi connectivity index (χ1n) is 9.34. The SMILES string of the molecule is Cc1nn(CCCC(=O)Nc2sc3c(c2C#N)CC[C@H](C)C3)c(C)c1[N+](=O)[O-]. The number of carbonyl (C=O) groups excluding carboxylic acids is 1. The van der Waals surface area contributed by atoms with Gasteiger partial charge in [-0.25, -0.2) is 0 Å². The number of rotatable bonds is 6. The van der Waals surface area contributed by atoms with Crippen molar-refractivity contribution in [2.75, 3.05) is 5.32 Å². The molecule has 1 aliphatic carbocycles. The average molecular weight is 401 g/mol. The molecule has 1 N–H and O–H groups in total. The number of amides is 1. The second-order valence-electron chi connectivity index (χ2n) is 7.32. The number of fused-ring (bicyclic) bond motifs is 1. The van der Waals surface area contributed by atoms with E-state index in [2.05, 4.69) is 23.4 Å². The first kappa shape index (κ1) is 20.0. The largest absolute Gasteiger partial charge is 0.317 e. The number of aryl methyl sites for hydroxylation is 2. The number of thiophene rings is 1. The number of nitrogens with zero attached hydrogens (tertiary/aromatic N) is 4. The van der Waals surface area contributed by atoms with E-state index in [-0.39, 0.29) is 18.0 Å². The lowest BCUT2D eigenvalue weighted by Crippen LogP contribution is -2.13. The van der Waals surface area contributed by atoms with Crippen molar-refractivity contribution in [3.8, 4) is 6.07 Å². The highest BCUT2D eigenvalue weighted by Gasteiger charge is 2.25. The van der Waals surface area contributed by atoms with Crippen molar-refractivity contribution in [1.29, 1.82) is 5.26 Å². The van der Waals surface area contributed by atoms with Crippen LogP contribution in [0.15, 0.2) is 0 Å². The van der Waals surface area contributed by atoms with Crippen molar-refractivity contribution < 1.29 is 9.72 Å². The molecule has 0 fully saturated rings. The third-order valence-electron chi connectivity index (χ3n) is 5.18. The van der Waals surface area contributed by atoms with Crippen LogP contribution in [0.3, 0.4) is 0 Å². The van der Waals surface area contributed by atoms with E-state index < -0.39 is 4.92 Å². The quantitative estimate of drug-likeness (QED) is 0.583. The van der Waals surface area contributed by atoms with Crippen LogP contribution in [0.2, 0.25) is 0 Å². The third-order valence-corrected chi connectivity index (χ3v) is 6.35. The lowest BCUT2D eigenvalue weighted by molar-refractivity contribution is -0.386. The van der Waals surface area contributed by atoms with Gasteiger partial charge in [-0.05, 0) is 51.0 Å². The van der Waals surface area contributed by atoms with E-state index in [1.807, 2.05) is 0 Å². The fourth-order valence-electron chi connectivity index (χ4n) is 3.71. The zero-order chi connectivity index (χ0) is 20.4. The summed E-state index contributed by atoms with van der Waals surface area (Å²) in [4.78, 5) is 24.2. The summed E-state index contributed by atoms with van der Waals surface area (Å²) in [5.41, 5.74) is 2.60. The number of hydrogen-bond donors (Lipinski definition) is 1. The van der Waals surface area contributed by atoms with Crippen molar-refractivity contribution in [1.82, 2.24) is 9.78 Å². The molecule has 0 spiro atoms. The Bertz CT molecular complexity index is 969. The van der Waals surface area contributed by atoms with Crippen LogP contribution in [0.1, 0.15) is 53.6 Å². The fraction of sp³-hybridized carbons (Fsp3) is 0.526. The molecule has 0 saturated carbocycles. The first-order valence-corrected chi connectivity index (χ1v) is 10.2. The molecule has 0 aromatic carbocycles. The minimum atomic E-state index is -0.427. The molecule has 2 heterocycles. The molecule has 0 radical (unpaired) electrons. The average Bonchev–Trinajstić information content (AvgIpc) is 3.10. The Hall–Kier alpha value is -2.73. The van der Waals surface area contributed by atoms with Crippen molar-refractivity contribution >= 4 is 27.9 Å². The lowest BCUT2D eigenvalue weighted by atomic mass is 9.88. The number of nitriles is 1. The predicted octanol–water partition coefficient (Wildman–Crippen LogP) is 3.89. The number of carbonyl (C=O) groups is 1. The van der Waals surface area contributed by atoms with Crippen molar-refractivity contribution in [3.05, 3.63) is 37.5 Å². The Labute approximate surface area is 167 Å². The molecular formula is C19H23N5O3S. The molecule has 28 heavy (non-hydrogen) atoms. The van der Waals surface area contributed by atoms with Crippen molar-refractivity contribution in [2.45, 2.75) is 59.4 Å². The molecule has 1 atom stereocenters. The highest BCUT2D eigenvalue weighted by molar-refractivity contribution is 7.16. The van der Waals surface area contributed by atoms with Gasteiger partial charge in [-0.3, -0.25) is 19.6 Å². The van der Waals surface area contributed by atoms with E-state index >= 15 is 0 Å². The van der Waals surface area contributed by atoms with Gasteiger partial charge in [0.15, 0.2) is 0 Å². The molecule has 2 aromatic heterocycles. The zero-order valence-corrected chi connectivity index (χ0v) is 17.1. The molecule has 3 rings (SSSR count). The predicted molar refractivity (Wildman–Crippen MR) is 106 cm³/mol. The number of anilines is 1. The summed E-state index contributed by atoms with van der Waals surface area (Å²) in [5, 5.41) is 28.3. The number of nitro groups is 1. The second kappa shape index (κ2) is 8.10.